The molecule has 1 N–H and O–H groups in total. The Morgan fingerprint density at radius 3 is 2.46 bits per heavy atom. The molecule has 0 saturated heterocycles. The predicted molar refractivity (Wildman–Crippen MR) is 138 cm³/mol. The molecule has 9 heteroatoms. The first kappa shape index (κ1) is 24.4. The molecule has 2 amide bonds. The van der Waals surface area contributed by atoms with Gasteiger partial charge in [-0.2, -0.15) is 0 Å². The van der Waals surface area contributed by atoms with E-state index >= 15 is 0 Å². The summed E-state index contributed by atoms with van der Waals surface area (Å²) in [5, 5.41) is 7.00. The quantitative estimate of drug-likeness (QED) is 0.380. The molecule has 0 fully saturated rings. The number of benzene rings is 2. The smallest absolute Gasteiger partial charge is 0.288 e. The molecule has 35 heavy (non-hydrogen) atoms. The second kappa shape index (κ2) is 10.7. The molecule has 0 saturated carbocycles. The average molecular weight is 491 g/mol. The van der Waals surface area contributed by atoms with Gasteiger partial charge in [0.15, 0.2) is 11.2 Å². The maximum atomic E-state index is 13.3. The second-order valence-corrected chi connectivity index (χ2v) is 9.64. The van der Waals surface area contributed by atoms with Crippen molar-refractivity contribution in [2.24, 2.45) is 4.99 Å². The molecule has 8 nitrogen and oxygen atoms in total. The largest absolute Gasteiger partial charge is 0.302 e. The van der Waals surface area contributed by atoms with E-state index in [1.54, 1.807) is 17.0 Å². The number of carbonyl (C=O) groups excluding carboxylic acids is 2. The van der Waals surface area contributed by atoms with E-state index in [4.69, 9.17) is 4.52 Å². The van der Waals surface area contributed by atoms with Crippen molar-refractivity contribution in [3.63, 3.8) is 0 Å². The van der Waals surface area contributed by atoms with Gasteiger partial charge in [0.1, 0.15) is 5.70 Å². The lowest BCUT2D eigenvalue weighted by molar-refractivity contribution is -0.779. The summed E-state index contributed by atoms with van der Waals surface area (Å²) < 4.78 is 6.77. The van der Waals surface area contributed by atoms with E-state index in [1.165, 1.54) is 22.2 Å². The molecule has 1 aliphatic heterocycles. The number of hydrogen-bond acceptors (Lipinski definition) is 6. The van der Waals surface area contributed by atoms with Crippen LogP contribution in [0.25, 0.3) is 6.08 Å². The standard InChI is InChI=1S/C26H27N5O3S/c1-17(2)20-12-10-19(11-13-20)14-22-25(33)31(21-8-6-5-7-9-21)26(27-22)35-16-23(32)28-24-15-30(18(3)4)29-34-24/h5-15,17-18H,16H2,1-4H3/p+1/b22-14+. The van der Waals surface area contributed by atoms with E-state index in [1.807, 2.05) is 56.3 Å². The highest BCUT2D eigenvalue weighted by molar-refractivity contribution is 8.14. The zero-order valence-electron chi connectivity index (χ0n) is 20.1. The molecular weight excluding hydrogens is 462 g/mol. The minimum Gasteiger partial charge on any atom is -0.288 e. The number of nitrogens with one attached hydrogen (secondary N) is 1. The molecule has 1 aliphatic rings. The molecule has 0 unspecified atom stereocenters. The maximum absolute atomic E-state index is 13.3. The van der Waals surface area contributed by atoms with Crippen LogP contribution in [0.15, 0.2) is 76.0 Å². The van der Waals surface area contributed by atoms with E-state index in [2.05, 4.69) is 41.6 Å². The van der Waals surface area contributed by atoms with Crippen LogP contribution in [0.3, 0.4) is 0 Å². The summed E-state index contributed by atoms with van der Waals surface area (Å²) in [6.07, 6.45) is 3.40. The molecule has 0 spiro atoms. The fourth-order valence-corrected chi connectivity index (χ4v) is 4.21. The Kier molecular flexibility index (Phi) is 7.45. The first-order chi connectivity index (χ1) is 16.8. The van der Waals surface area contributed by atoms with Gasteiger partial charge in [0.2, 0.25) is 11.2 Å². The van der Waals surface area contributed by atoms with Gasteiger partial charge in [-0.1, -0.05) is 68.1 Å². The molecule has 0 radical (unpaired) electrons. The summed E-state index contributed by atoms with van der Waals surface area (Å²) in [6, 6.07) is 17.5. The van der Waals surface area contributed by atoms with Crippen molar-refractivity contribution in [3.8, 4) is 0 Å². The van der Waals surface area contributed by atoms with Gasteiger partial charge in [-0.05, 0) is 53.8 Å². The Morgan fingerprint density at radius 2 is 1.83 bits per heavy atom. The van der Waals surface area contributed by atoms with Gasteiger partial charge in [0.05, 0.1) is 11.4 Å². The number of amidine groups is 1. The summed E-state index contributed by atoms with van der Waals surface area (Å²) in [7, 11) is 0. The third kappa shape index (κ3) is 5.86. The normalized spacial score (nSPS) is 14.8. The first-order valence-electron chi connectivity index (χ1n) is 11.4. The first-order valence-corrected chi connectivity index (χ1v) is 12.4. The van der Waals surface area contributed by atoms with Crippen molar-refractivity contribution in [2.45, 2.75) is 39.7 Å². The maximum Gasteiger partial charge on any atom is 0.302 e. The van der Waals surface area contributed by atoms with Crippen molar-refractivity contribution in [1.29, 1.82) is 0 Å². The third-order valence-electron chi connectivity index (χ3n) is 5.36. The van der Waals surface area contributed by atoms with E-state index in [9.17, 15) is 9.59 Å². The summed E-state index contributed by atoms with van der Waals surface area (Å²) in [5.74, 6) is 0.220. The Balaban J connectivity index is 1.53. The minimum atomic E-state index is -0.285. The number of rotatable bonds is 7. The number of amides is 2. The van der Waals surface area contributed by atoms with Gasteiger partial charge in [-0.3, -0.25) is 24.3 Å². The Labute approximate surface area is 208 Å². The molecule has 0 bridgehead atoms. The van der Waals surface area contributed by atoms with Crippen molar-refractivity contribution in [1.82, 2.24) is 5.27 Å². The van der Waals surface area contributed by atoms with E-state index in [0.29, 0.717) is 22.5 Å². The van der Waals surface area contributed by atoms with Crippen LogP contribution in [-0.2, 0) is 9.59 Å². The van der Waals surface area contributed by atoms with Crippen molar-refractivity contribution >= 4 is 46.4 Å². The van der Waals surface area contributed by atoms with Crippen LogP contribution in [0.1, 0.15) is 50.8 Å². The average Bonchev–Trinajstić information content (AvgIpc) is 3.43. The van der Waals surface area contributed by atoms with Crippen LogP contribution >= 0.6 is 11.8 Å². The fraction of sp³-hybridized carbons (Fsp3) is 0.269. The van der Waals surface area contributed by atoms with Gasteiger partial charge in [0.25, 0.3) is 12.1 Å². The SMILES string of the molecule is CC(C)c1ccc(/C=C2/N=C(SCC(=O)Nc3c[n+](C(C)C)no3)N(c3ccccc3)C2=O)cc1. The van der Waals surface area contributed by atoms with Gasteiger partial charge in [-0.25, -0.2) is 4.99 Å². The summed E-state index contributed by atoms with van der Waals surface area (Å²) >= 11 is 1.19. The number of thioether (sulfide) groups is 1. The zero-order chi connectivity index (χ0) is 24.9. The number of carbonyl (C=O) groups is 2. The van der Waals surface area contributed by atoms with Crippen LogP contribution in [0.5, 0.6) is 0 Å². The third-order valence-corrected chi connectivity index (χ3v) is 6.30. The van der Waals surface area contributed by atoms with E-state index in [-0.39, 0.29) is 29.5 Å². The van der Waals surface area contributed by atoms with Crippen molar-refractivity contribution < 1.29 is 18.8 Å². The van der Waals surface area contributed by atoms with Crippen LogP contribution in [0.4, 0.5) is 11.6 Å². The number of hydrogen-bond donors (Lipinski definition) is 1. The molecule has 0 atom stereocenters. The Hall–Kier alpha value is -3.72. The number of anilines is 2. The monoisotopic (exact) mass is 490 g/mol. The van der Waals surface area contributed by atoms with Gasteiger partial charge >= 0.3 is 5.88 Å². The van der Waals surface area contributed by atoms with Crippen LogP contribution in [0, 0.1) is 0 Å². The summed E-state index contributed by atoms with van der Waals surface area (Å²) in [4.78, 5) is 32.0. The summed E-state index contributed by atoms with van der Waals surface area (Å²) in [6.45, 7) is 8.20. The minimum absolute atomic E-state index is 0.0498. The zero-order valence-corrected chi connectivity index (χ0v) is 21.0. The van der Waals surface area contributed by atoms with Crippen LogP contribution < -0.4 is 14.9 Å². The van der Waals surface area contributed by atoms with Crippen molar-refractivity contribution in [3.05, 3.63) is 77.6 Å². The van der Waals surface area contributed by atoms with Crippen LogP contribution in [0.2, 0.25) is 0 Å². The molecule has 1 aromatic heterocycles. The van der Waals surface area contributed by atoms with Gasteiger partial charge in [0, 0.05) is 0 Å². The van der Waals surface area contributed by atoms with E-state index in [0.717, 1.165) is 5.56 Å². The molecule has 180 valence electrons. The molecular formula is C26H28N5O3S+. The van der Waals surface area contributed by atoms with Crippen LogP contribution in [-0.4, -0.2) is 28.0 Å². The van der Waals surface area contributed by atoms with E-state index < -0.39 is 0 Å². The highest BCUT2D eigenvalue weighted by Gasteiger charge is 2.32. The number of para-hydroxylation sites is 1. The highest BCUT2D eigenvalue weighted by Crippen LogP contribution is 2.29. The number of aromatic nitrogens is 2. The summed E-state index contributed by atoms with van der Waals surface area (Å²) in [5.41, 5.74) is 3.13. The molecule has 0 aliphatic carbocycles. The molecule has 3 aromatic rings. The predicted octanol–water partition coefficient (Wildman–Crippen LogP) is 4.78. The van der Waals surface area contributed by atoms with Gasteiger partial charge < -0.3 is 0 Å². The topological polar surface area (TPSA) is 91.7 Å². The Bertz CT molecular complexity index is 1260. The van der Waals surface area contributed by atoms with Crippen molar-refractivity contribution in [2.75, 3.05) is 16.0 Å². The molecule has 2 aromatic carbocycles. The Morgan fingerprint density at radius 1 is 1.11 bits per heavy atom. The fourth-order valence-electron chi connectivity index (χ4n) is 3.39. The number of aliphatic imine (C=N–C) groups is 1. The second-order valence-electron chi connectivity index (χ2n) is 8.70. The molecule has 4 rings (SSSR count). The number of nitrogens with zero attached hydrogens (tertiary/aromatic N) is 4. The lowest BCUT2D eigenvalue weighted by atomic mass is 10.0. The lowest BCUT2D eigenvalue weighted by Gasteiger charge is -2.17. The molecule has 2 heterocycles. The van der Waals surface area contributed by atoms with Gasteiger partial charge in [-0.15, -0.1) is 0 Å². The highest BCUT2D eigenvalue weighted by atomic mass is 32.2. The lowest BCUT2D eigenvalue weighted by Crippen LogP contribution is -2.37.